The lowest BCUT2D eigenvalue weighted by molar-refractivity contribution is -0.133. The van der Waals surface area contributed by atoms with Gasteiger partial charge in [0.15, 0.2) is 0 Å². The van der Waals surface area contributed by atoms with Crippen LogP contribution in [-0.4, -0.2) is 29.4 Å². The molecule has 6 heteroatoms. The Bertz CT molecular complexity index is 526. The summed E-state index contributed by atoms with van der Waals surface area (Å²) in [6.07, 6.45) is 2.91. The minimum absolute atomic E-state index is 0.0213. The van der Waals surface area contributed by atoms with Gasteiger partial charge in [-0.2, -0.15) is 0 Å². The Labute approximate surface area is 139 Å². The lowest BCUT2D eigenvalue weighted by atomic mass is 10.0. The van der Waals surface area contributed by atoms with Crippen molar-refractivity contribution in [3.05, 3.63) is 34.1 Å². The quantitative estimate of drug-likeness (QED) is 0.807. The smallest absolute Gasteiger partial charge is 0.241 e. The molecule has 0 radical (unpaired) electrons. The van der Waals surface area contributed by atoms with Crippen molar-refractivity contribution in [3.8, 4) is 0 Å². The number of hydrazine groups is 1. The van der Waals surface area contributed by atoms with Crippen LogP contribution < -0.4 is 10.9 Å². The molecule has 1 aromatic rings. The van der Waals surface area contributed by atoms with Crippen molar-refractivity contribution in [3.63, 3.8) is 0 Å². The Morgan fingerprint density at radius 3 is 2.86 bits per heavy atom. The van der Waals surface area contributed by atoms with E-state index >= 15 is 0 Å². The van der Waals surface area contributed by atoms with Gasteiger partial charge in [-0.1, -0.05) is 29.3 Å². The number of nitrogens with zero attached hydrogens (tertiary/aromatic N) is 1. The lowest BCUT2D eigenvalue weighted by Crippen LogP contribution is -2.45. The summed E-state index contributed by atoms with van der Waals surface area (Å²) in [4.78, 5) is 14.3. The highest BCUT2D eigenvalue weighted by atomic mass is 79.9. The van der Waals surface area contributed by atoms with Crippen molar-refractivity contribution in [2.24, 2.45) is 0 Å². The Balaban J connectivity index is 2.02. The first-order valence-corrected chi connectivity index (χ1v) is 8.58. The number of halogens is 2. The zero-order chi connectivity index (χ0) is 16.1. The van der Waals surface area contributed by atoms with Crippen LogP contribution in [0.4, 0.5) is 4.39 Å². The van der Waals surface area contributed by atoms with Crippen molar-refractivity contribution in [2.45, 2.75) is 51.7 Å². The Kier molecular flexibility index (Phi) is 6.35. The number of hydrogen-bond donors (Lipinski definition) is 2. The first-order valence-electron chi connectivity index (χ1n) is 7.78. The molecule has 1 amide bonds. The standard InChI is InChI=1S/C16H23BrFN3O/c1-3-5-13-9-15(20-19-13)16(22)21(4-2)10-11-8-12(17)6-7-14(11)18/h6-8,13,15,19-20H,3-5,9-10H2,1-2H3. The van der Waals surface area contributed by atoms with E-state index in [2.05, 4.69) is 33.7 Å². The largest absolute Gasteiger partial charge is 0.337 e. The molecular weight excluding hydrogens is 349 g/mol. The predicted molar refractivity (Wildman–Crippen MR) is 88.6 cm³/mol. The molecule has 4 nitrogen and oxygen atoms in total. The van der Waals surface area contributed by atoms with Gasteiger partial charge in [0, 0.05) is 29.2 Å². The van der Waals surface area contributed by atoms with Gasteiger partial charge < -0.3 is 4.90 Å². The van der Waals surface area contributed by atoms with Crippen LogP contribution in [0.15, 0.2) is 22.7 Å². The van der Waals surface area contributed by atoms with E-state index in [-0.39, 0.29) is 24.3 Å². The number of likely N-dealkylation sites (N-methyl/N-ethyl adjacent to an activating group) is 1. The molecule has 1 aliphatic rings. The highest BCUT2D eigenvalue weighted by Crippen LogP contribution is 2.19. The number of carbonyl (C=O) groups excluding carboxylic acids is 1. The lowest BCUT2D eigenvalue weighted by Gasteiger charge is -2.24. The van der Waals surface area contributed by atoms with Crippen LogP contribution in [0.1, 0.15) is 38.7 Å². The molecule has 1 aromatic carbocycles. The summed E-state index contributed by atoms with van der Waals surface area (Å²) in [5.74, 6) is -0.260. The first kappa shape index (κ1) is 17.4. The van der Waals surface area contributed by atoms with Crippen molar-refractivity contribution in [1.82, 2.24) is 15.8 Å². The third-order valence-corrected chi connectivity index (χ3v) is 4.47. The van der Waals surface area contributed by atoms with Crippen LogP contribution in [0, 0.1) is 5.82 Å². The summed E-state index contributed by atoms with van der Waals surface area (Å²) in [6.45, 7) is 4.89. The summed E-state index contributed by atoms with van der Waals surface area (Å²) in [5.41, 5.74) is 6.77. The van der Waals surface area contributed by atoms with Gasteiger partial charge in [-0.3, -0.25) is 10.2 Å². The van der Waals surface area contributed by atoms with Crippen molar-refractivity contribution < 1.29 is 9.18 Å². The maximum atomic E-state index is 13.9. The zero-order valence-electron chi connectivity index (χ0n) is 13.0. The van der Waals surface area contributed by atoms with E-state index in [9.17, 15) is 9.18 Å². The van der Waals surface area contributed by atoms with Crippen LogP contribution in [0.3, 0.4) is 0 Å². The van der Waals surface area contributed by atoms with Crippen molar-refractivity contribution >= 4 is 21.8 Å². The van der Waals surface area contributed by atoms with E-state index in [1.165, 1.54) is 6.07 Å². The predicted octanol–water partition coefficient (Wildman–Crippen LogP) is 2.97. The second kappa shape index (κ2) is 8.04. The minimum Gasteiger partial charge on any atom is -0.337 e. The van der Waals surface area contributed by atoms with Crippen LogP contribution in [0.5, 0.6) is 0 Å². The molecule has 1 saturated heterocycles. The fraction of sp³-hybridized carbons (Fsp3) is 0.562. The molecule has 1 fully saturated rings. The van der Waals surface area contributed by atoms with Gasteiger partial charge in [-0.25, -0.2) is 9.82 Å². The topological polar surface area (TPSA) is 44.4 Å². The van der Waals surface area contributed by atoms with Crippen molar-refractivity contribution in [1.29, 1.82) is 0 Å². The SMILES string of the molecule is CCCC1CC(C(=O)N(CC)Cc2cc(Br)ccc2F)NN1. The summed E-state index contributed by atoms with van der Waals surface area (Å²) in [6, 6.07) is 4.91. The summed E-state index contributed by atoms with van der Waals surface area (Å²) >= 11 is 3.34. The van der Waals surface area contributed by atoms with E-state index < -0.39 is 0 Å². The molecule has 1 heterocycles. The van der Waals surface area contributed by atoms with Gasteiger partial charge in [0.1, 0.15) is 11.9 Å². The molecule has 122 valence electrons. The summed E-state index contributed by atoms with van der Waals surface area (Å²) in [5, 5.41) is 0. The number of hydrogen-bond acceptors (Lipinski definition) is 3. The van der Waals surface area contributed by atoms with Crippen LogP contribution >= 0.6 is 15.9 Å². The van der Waals surface area contributed by atoms with E-state index in [0.717, 1.165) is 23.7 Å². The summed E-state index contributed by atoms with van der Waals surface area (Å²) < 4.78 is 14.7. The van der Waals surface area contributed by atoms with E-state index in [0.29, 0.717) is 18.2 Å². The number of amides is 1. The maximum absolute atomic E-state index is 13.9. The number of nitrogens with one attached hydrogen (secondary N) is 2. The third kappa shape index (κ3) is 4.27. The number of rotatable bonds is 6. The zero-order valence-corrected chi connectivity index (χ0v) is 14.6. The van der Waals surface area contributed by atoms with Gasteiger partial charge in [0.25, 0.3) is 0 Å². The second-order valence-corrected chi connectivity index (χ2v) is 6.57. The number of benzene rings is 1. The first-order chi connectivity index (χ1) is 10.5. The molecule has 1 aliphatic heterocycles. The molecule has 0 bridgehead atoms. The third-order valence-electron chi connectivity index (χ3n) is 3.98. The van der Waals surface area contributed by atoms with Crippen LogP contribution in [0.2, 0.25) is 0 Å². The Hall–Kier alpha value is -0.980. The van der Waals surface area contributed by atoms with Crippen LogP contribution in [0.25, 0.3) is 0 Å². The normalized spacial score (nSPS) is 21.1. The number of carbonyl (C=O) groups is 1. The monoisotopic (exact) mass is 371 g/mol. The van der Waals surface area contributed by atoms with E-state index in [1.54, 1.807) is 17.0 Å². The Morgan fingerprint density at radius 1 is 1.41 bits per heavy atom. The van der Waals surface area contributed by atoms with Gasteiger partial charge >= 0.3 is 0 Å². The minimum atomic E-state index is -0.282. The van der Waals surface area contributed by atoms with E-state index in [4.69, 9.17) is 0 Å². The molecule has 22 heavy (non-hydrogen) atoms. The molecular formula is C16H23BrFN3O. The highest BCUT2D eigenvalue weighted by Gasteiger charge is 2.31. The molecule has 0 spiro atoms. The fourth-order valence-corrected chi connectivity index (χ4v) is 3.17. The molecule has 0 aromatic heterocycles. The summed E-state index contributed by atoms with van der Waals surface area (Å²) in [7, 11) is 0. The van der Waals surface area contributed by atoms with E-state index in [1.807, 2.05) is 6.92 Å². The van der Waals surface area contributed by atoms with Gasteiger partial charge in [0.2, 0.25) is 5.91 Å². The highest BCUT2D eigenvalue weighted by molar-refractivity contribution is 9.10. The molecule has 0 aliphatic carbocycles. The van der Waals surface area contributed by atoms with Crippen molar-refractivity contribution in [2.75, 3.05) is 6.54 Å². The molecule has 2 rings (SSSR count). The van der Waals surface area contributed by atoms with Crippen LogP contribution in [-0.2, 0) is 11.3 Å². The van der Waals surface area contributed by atoms with Gasteiger partial charge in [-0.05, 0) is 38.0 Å². The average Bonchev–Trinajstić information content (AvgIpc) is 2.96. The molecule has 2 N–H and O–H groups in total. The molecule has 0 saturated carbocycles. The molecule has 2 atom stereocenters. The van der Waals surface area contributed by atoms with Gasteiger partial charge in [-0.15, -0.1) is 0 Å². The van der Waals surface area contributed by atoms with Gasteiger partial charge in [0.05, 0.1) is 0 Å². The Morgan fingerprint density at radius 2 is 2.18 bits per heavy atom. The fourth-order valence-electron chi connectivity index (χ4n) is 2.76. The average molecular weight is 372 g/mol. The second-order valence-electron chi connectivity index (χ2n) is 5.65. The maximum Gasteiger partial charge on any atom is 0.241 e. The molecule has 2 unspecified atom stereocenters.